The van der Waals surface area contributed by atoms with Crippen molar-refractivity contribution in [2.24, 2.45) is 0 Å². The van der Waals surface area contributed by atoms with Gasteiger partial charge in [0.2, 0.25) is 0 Å². The highest BCUT2D eigenvalue weighted by molar-refractivity contribution is 6.78. The predicted molar refractivity (Wildman–Crippen MR) is 154 cm³/mol. The van der Waals surface area contributed by atoms with E-state index in [0.29, 0.717) is 34.3 Å². The molecule has 35 heavy (non-hydrogen) atoms. The van der Waals surface area contributed by atoms with Gasteiger partial charge in [0.05, 0.1) is 5.56 Å². The second-order valence-electron chi connectivity index (χ2n) is 11.2. The van der Waals surface area contributed by atoms with Crippen LogP contribution >= 0.6 is 0 Å². The van der Waals surface area contributed by atoms with Crippen LogP contribution in [-0.4, -0.2) is 38.1 Å². The van der Waals surface area contributed by atoms with Crippen LogP contribution in [-0.2, 0) is 0 Å². The van der Waals surface area contributed by atoms with Crippen molar-refractivity contribution in [2.45, 2.75) is 97.9 Å². The van der Waals surface area contributed by atoms with Gasteiger partial charge in [0.15, 0.2) is 6.29 Å². The third-order valence-corrected chi connectivity index (χ3v) is 13.3. The Labute approximate surface area is 215 Å². The molecule has 0 aromatic heterocycles. The van der Waals surface area contributed by atoms with Crippen molar-refractivity contribution in [3.63, 3.8) is 0 Å². The average Bonchev–Trinajstić information content (AvgIpc) is 2.79. The third-order valence-electron chi connectivity index (χ3n) is 7.36. The van der Waals surface area contributed by atoms with Gasteiger partial charge in [-0.15, -0.1) is 0 Å². The molecule has 2 aromatic carbocycles. The van der Waals surface area contributed by atoms with Gasteiger partial charge in [-0.05, 0) is 73.2 Å². The zero-order chi connectivity index (χ0) is 26.3. The zero-order valence-electron chi connectivity index (χ0n) is 23.6. The van der Waals surface area contributed by atoms with Crippen molar-refractivity contribution in [2.75, 3.05) is 6.54 Å². The van der Waals surface area contributed by atoms with E-state index in [1.165, 1.54) is 0 Å². The van der Waals surface area contributed by atoms with Crippen LogP contribution in [0, 0.1) is 0 Å². The Kier molecular flexibility index (Phi) is 10.5. The molecule has 0 saturated heterocycles. The molecule has 0 aliphatic carbocycles. The molecule has 0 heterocycles. The Morgan fingerprint density at radius 2 is 1.34 bits per heavy atom. The maximum absolute atomic E-state index is 12.3. The van der Waals surface area contributed by atoms with E-state index >= 15 is 0 Å². The second-order valence-corrected chi connectivity index (χ2v) is 16.5. The Bertz CT molecular complexity index is 947. The lowest BCUT2D eigenvalue weighted by molar-refractivity contribution is 0.112. The van der Waals surface area contributed by atoms with E-state index in [1.807, 2.05) is 18.2 Å². The van der Waals surface area contributed by atoms with Crippen LogP contribution in [0.2, 0.25) is 16.6 Å². The largest absolute Gasteiger partial charge is 0.542 e. The zero-order valence-corrected chi connectivity index (χ0v) is 24.6. The third kappa shape index (κ3) is 6.74. The summed E-state index contributed by atoms with van der Waals surface area (Å²) in [7, 11) is -2.16. The summed E-state index contributed by atoms with van der Waals surface area (Å²) in [6.45, 7) is 23.4. The molecule has 0 atom stereocenters. The SMILES string of the molecule is CC(C)N(C/C=C(/c1ccccc1)c1ccc(O[Si](C(C)C)(C(C)C)C(C)C)c(C=O)c1)C(C)C. The summed E-state index contributed by atoms with van der Waals surface area (Å²) in [6.07, 6.45) is 3.26. The minimum absolute atomic E-state index is 0.444. The Morgan fingerprint density at radius 3 is 1.80 bits per heavy atom. The van der Waals surface area contributed by atoms with Crippen LogP contribution in [0.1, 0.15) is 90.7 Å². The van der Waals surface area contributed by atoms with Crippen molar-refractivity contribution in [3.05, 3.63) is 71.3 Å². The van der Waals surface area contributed by atoms with Gasteiger partial charge in [0, 0.05) is 18.6 Å². The minimum Gasteiger partial charge on any atom is -0.542 e. The number of nitrogens with zero attached hydrogens (tertiary/aromatic N) is 1. The van der Waals surface area contributed by atoms with Crippen molar-refractivity contribution < 1.29 is 9.22 Å². The van der Waals surface area contributed by atoms with E-state index in [4.69, 9.17) is 4.43 Å². The van der Waals surface area contributed by atoms with Crippen molar-refractivity contribution in [3.8, 4) is 5.75 Å². The van der Waals surface area contributed by atoms with Crippen LogP contribution in [0.4, 0.5) is 0 Å². The number of hydrogen-bond acceptors (Lipinski definition) is 3. The van der Waals surface area contributed by atoms with Gasteiger partial charge in [-0.25, -0.2) is 0 Å². The molecule has 0 aliphatic rings. The monoisotopic (exact) mass is 493 g/mol. The number of hydrogen-bond donors (Lipinski definition) is 0. The van der Waals surface area contributed by atoms with Gasteiger partial charge in [-0.1, -0.05) is 84.0 Å². The van der Waals surface area contributed by atoms with Crippen LogP contribution < -0.4 is 4.43 Å². The Morgan fingerprint density at radius 1 is 0.800 bits per heavy atom. The minimum atomic E-state index is -2.16. The molecule has 0 aliphatic heterocycles. The molecular weight excluding hydrogens is 446 g/mol. The highest BCUT2D eigenvalue weighted by atomic mass is 28.4. The molecule has 0 bridgehead atoms. The number of aldehydes is 1. The maximum atomic E-state index is 12.3. The summed E-state index contributed by atoms with van der Waals surface area (Å²) in [5, 5.41) is 0. The van der Waals surface area contributed by atoms with Gasteiger partial charge in [-0.3, -0.25) is 9.69 Å². The van der Waals surface area contributed by atoms with E-state index in [9.17, 15) is 4.79 Å². The lowest BCUT2D eigenvalue weighted by atomic mass is 9.95. The lowest BCUT2D eigenvalue weighted by Crippen LogP contribution is -2.50. The van der Waals surface area contributed by atoms with E-state index in [0.717, 1.165) is 35.3 Å². The quantitative estimate of drug-likeness (QED) is 0.219. The van der Waals surface area contributed by atoms with Crippen LogP contribution in [0.25, 0.3) is 5.57 Å². The molecular formula is C31H47NO2Si. The van der Waals surface area contributed by atoms with Crippen molar-refractivity contribution in [1.29, 1.82) is 0 Å². The van der Waals surface area contributed by atoms with Gasteiger partial charge in [0.1, 0.15) is 5.75 Å². The van der Waals surface area contributed by atoms with Gasteiger partial charge < -0.3 is 4.43 Å². The molecule has 0 radical (unpaired) electrons. The van der Waals surface area contributed by atoms with Crippen molar-refractivity contribution >= 4 is 20.2 Å². The molecule has 2 rings (SSSR count). The summed E-state index contributed by atoms with van der Waals surface area (Å²) in [5.74, 6) is 0.727. The van der Waals surface area contributed by atoms with Gasteiger partial charge in [0.25, 0.3) is 8.32 Å². The molecule has 0 saturated carbocycles. The molecule has 0 spiro atoms. The Hall–Kier alpha value is -2.17. The normalized spacial score (nSPS) is 13.1. The molecule has 2 aromatic rings. The molecule has 0 N–H and O–H groups in total. The fourth-order valence-electron chi connectivity index (χ4n) is 5.68. The fraction of sp³-hybridized carbons (Fsp3) is 0.516. The topological polar surface area (TPSA) is 29.5 Å². The first-order chi connectivity index (χ1) is 16.4. The van der Waals surface area contributed by atoms with Crippen LogP contribution in [0.15, 0.2) is 54.6 Å². The summed E-state index contributed by atoms with van der Waals surface area (Å²) < 4.78 is 6.89. The van der Waals surface area contributed by atoms with E-state index < -0.39 is 8.32 Å². The number of carbonyl (C=O) groups is 1. The molecule has 0 unspecified atom stereocenters. The highest BCUT2D eigenvalue weighted by Gasteiger charge is 2.47. The molecule has 3 nitrogen and oxygen atoms in total. The fourth-order valence-corrected chi connectivity index (χ4v) is 11.0. The molecule has 0 fully saturated rings. The highest BCUT2D eigenvalue weighted by Crippen LogP contribution is 2.43. The number of benzene rings is 2. The first kappa shape index (κ1) is 29.1. The van der Waals surface area contributed by atoms with E-state index in [2.05, 4.69) is 111 Å². The van der Waals surface area contributed by atoms with Gasteiger partial charge in [-0.2, -0.15) is 0 Å². The van der Waals surface area contributed by atoms with E-state index in [1.54, 1.807) is 0 Å². The first-order valence-corrected chi connectivity index (χ1v) is 15.4. The van der Waals surface area contributed by atoms with Crippen LogP contribution in [0.3, 0.4) is 0 Å². The standard InChI is InChI=1S/C31H47NO2Si/c1-22(2)32(23(3)4)19-18-30(27-14-12-11-13-15-27)28-16-17-31(29(20-28)21-33)34-35(24(5)6,25(7)8)26(9)10/h11-18,20-26H,19H2,1-10H3/b30-18-. The first-order valence-electron chi connectivity index (χ1n) is 13.3. The van der Waals surface area contributed by atoms with E-state index in [-0.39, 0.29) is 0 Å². The smallest absolute Gasteiger partial charge is 0.258 e. The Balaban J connectivity index is 2.58. The lowest BCUT2D eigenvalue weighted by Gasteiger charge is -2.42. The summed E-state index contributed by atoms with van der Waals surface area (Å²) in [4.78, 5) is 14.8. The molecule has 192 valence electrons. The predicted octanol–water partition coefficient (Wildman–Crippen LogP) is 8.60. The maximum Gasteiger partial charge on any atom is 0.258 e. The second kappa shape index (κ2) is 12.7. The summed E-state index contributed by atoms with van der Waals surface area (Å²) in [5.41, 5.74) is 5.31. The van der Waals surface area contributed by atoms with Crippen molar-refractivity contribution in [1.82, 2.24) is 4.90 Å². The van der Waals surface area contributed by atoms with Gasteiger partial charge >= 0.3 is 0 Å². The summed E-state index contributed by atoms with van der Waals surface area (Å²) >= 11 is 0. The van der Waals surface area contributed by atoms with Crippen LogP contribution in [0.5, 0.6) is 5.75 Å². The molecule has 0 amide bonds. The number of carbonyl (C=O) groups excluding carboxylic acids is 1. The summed E-state index contributed by atoms with van der Waals surface area (Å²) in [6, 6.07) is 17.5. The number of rotatable bonds is 12. The average molecular weight is 494 g/mol. The molecule has 4 heteroatoms.